The molecule has 1 aliphatic rings. The van der Waals surface area contributed by atoms with Gasteiger partial charge in [0.1, 0.15) is 14.6 Å². The molecule has 12 heteroatoms. The maximum absolute atomic E-state index is 12.3. The summed E-state index contributed by atoms with van der Waals surface area (Å²) >= 11 is 5.11. The number of benzene rings is 1. The Balaban J connectivity index is 1.37. The average molecular weight is 572 g/mol. The van der Waals surface area contributed by atoms with Gasteiger partial charge in [-0.25, -0.2) is 9.67 Å². The molecule has 0 radical (unpaired) electrons. The van der Waals surface area contributed by atoms with Crippen molar-refractivity contribution in [3.8, 4) is 16.3 Å². The van der Waals surface area contributed by atoms with Crippen molar-refractivity contribution in [1.29, 1.82) is 0 Å². The third-order valence-electron chi connectivity index (χ3n) is 6.57. The number of nitrogens with zero attached hydrogens (tertiary/aromatic N) is 6. The Bertz CT molecular complexity index is 1390. The number of ether oxygens (including phenoxy) is 1. The SMILES string of the molecule is CNC(=O)[C@]1(C)CC[C@@H](Nc2ncc3c(Br)nn(-c4ccc(-c5nnc(CCOC)s5)cc4)c3n2)C1. The van der Waals surface area contributed by atoms with Gasteiger partial charge in [-0.3, -0.25) is 4.79 Å². The molecule has 10 nitrogen and oxygen atoms in total. The molecule has 0 spiro atoms. The first-order valence-electron chi connectivity index (χ1n) is 11.7. The largest absolute Gasteiger partial charge is 0.384 e. The van der Waals surface area contributed by atoms with Crippen LogP contribution in [0.2, 0.25) is 0 Å². The van der Waals surface area contributed by atoms with Gasteiger partial charge in [-0.2, -0.15) is 10.1 Å². The van der Waals surface area contributed by atoms with Crippen LogP contribution in [0.25, 0.3) is 27.3 Å². The second-order valence-electron chi connectivity index (χ2n) is 9.15. The normalized spacial score (nSPS) is 19.6. The van der Waals surface area contributed by atoms with Crippen molar-refractivity contribution in [2.45, 2.75) is 38.6 Å². The monoisotopic (exact) mass is 570 g/mol. The first-order chi connectivity index (χ1) is 17.4. The van der Waals surface area contributed by atoms with Crippen molar-refractivity contribution in [3.05, 3.63) is 40.1 Å². The number of halogens is 1. The topological polar surface area (TPSA) is 120 Å². The number of methoxy groups -OCH3 is 1. The Morgan fingerprint density at radius 3 is 2.86 bits per heavy atom. The van der Waals surface area contributed by atoms with E-state index in [2.05, 4.69) is 46.8 Å². The molecule has 0 aliphatic heterocycles. The van der Waals surface area contributed by atoms with E-state index >= 15 is 0 Å². The van der Waals surface area contributed by atoms with Crippen LogP contribution in [0.1, 0.15) is 31.2 Å². The lowest BCUT2D eigenvalue weighted by molar-refractivity contribution is -0.129. The third kappa shape index (κ3) is 4.84. The summed E-state index contributed by atoms with van der Waals surface area (Å²) in [6, 6.07) is 8.13. The minimum Gasteiger partial charge on any atom is -0.384 e. The number of carbonyl (C=O) groups is 1. The molecule has 2 N–H and O–H groups in total. The van der Waals surface area contributed by atoms with Gasteiger partial charge in [0.05, 0.1) is 17.7 Å². The fraction of sp³-hybridized carbons (Fsp3) is 0.417. The van der Waals surface area contributed by atoms with E-state index in [-0.39, 0.29) is 17.4 Å². The molecule has 2 atom stereocenters. The smallest absolute Gasteiger partial charge is 0.225 e. The highest BCUT2D eigenvalue weighted by molar-refractivity contribution is 9.10. The van der Waals surface area contributed by atoms with Gasteiger partial charge in [0.25, 0.3) is 0 Å². The summed E-state index contributed by atoms with van der Waals surface area (Å²) in [6.07, 6.45) is 4.96. The Hall–Kier alpha value is -2.96. The molecule has 1 aliphatic carbocycles. The second-order valence-corrected chi connectivity index (χ2v) is 11.0. The number of hydrogen-bond donors (Lipinski definition) is 2. The zero-order chi connectivity index (χ0) is 25.3. The van der Waals surface area contributed by atoms with E-state index in [1.54, 1.807) is 36.4 Å². The van der Waals surface area contributed by atoms with Crippen LogP contribution < -0.4 is 10.6 Å². The van der Waals surface area contributed by atoms with E-state index < -0.39 is 0 Å². The quantitative estimate of drug-likeness (QED) is 0.326. The maximum atomic E-state index is 12.3. The molecule has 3 heterocycles. The highest BCUT2D eigenvalue weighted by Gasteiger charge is 2.41. The van der Waals surface area contributed by atoms with Crippen LogP contribution in [-0.2, 0) is 16.0 Å². The molecule has 36 heavy (non-hydrogen) atoms. The van der Waals surface area contributed by atoms with Crippen molar-refractivity contribution in [2.75, 3.05) is 26.1 Å². The van der Waals surface area contributed by atoms with Gasteiger partial charge in [0, 0.05) is 43.8 Å². The van der Waals surface area contributed by atoms with Crippen LogP contribution >= 0.6 is 27.3 Å². The lowest BCUT2D eigenvalue weighted by atomic mass is 9.87. The summed E-state index contributed by atoms with van der Waals surface area (Å²) in [5.74, 6) is 0.602. The van der Waals surface area contributed by atoms with Gasteiger partial charge in [-0.1, -0.05) is 18.3 Å². The molecule has 0 bridgehead atoms. The van der Waals surface area contributed by atoms with Crippen molar-refractivity contribution in [3.63, 3.8) is 0 Å². The fourth-order valence-electron chi connectivity index (χ4n) is 4.58. The molecule has 1 aromatic carbocycles. The van der Waals surface area contributed by atoms with E-state index in [1.165, 1.54) is 0 Å². The van der Waals surface area contributed by atoms with Gasteiger partial charge < -0.3 is 15.4 Å². The number of anilines is 1. The summed E-state index contributed by atoms with van der Waals surface area (Å²) in [5.41, 5.74) is 2.18. The summed E-state index contributed by atoms with van der Waals surface area (Å²) in [4.78, 5) is 21.5. The van der Waals surface area contributed by atoms with E-state index in [9.17, 15) is 4.79 Å². The van der Waals surface area contributed by atoms with Crippen molar-refractivity contribution >= 4 is 50.2 Å². The summed E-state index contributed by atoms with van der Waals surface area (Å²) in [5, 5.41) is 22.0. The van der Waals surface area contributed by atoms with E-state index in [4.69, 9.17) is 9.72 Å². The molecule has 1 amide bonds. The number of nitrogens with one attached hydrogen (secondary N) is 2. The van der Waals surface area contributed by atoms with Crippen LogP contribution in [0.15, 0.2) is 35.1 Å². The van der Waals surface area contributed by atoms with Crippen LogP contribution in [-0.4, -0.2) is 62.7 Å². The van der Waals surface area contributed by atoms with Crippen molar-refractivity contribution in [1.82, 2.24) is 35.3 Å². The Kier molecular flexibility index (Phi) is 7.00. The highest BCUT2D eigenvalue weighted by atomic mass is 79.9. The van der Waals surface area contributed by atoms with Gasteiger partial charge in [0.2, 0.25) is 11.9 Å². The Labute approximate surface area is 221 Å². The lowest BCUT2D eigenvalue weighted by Gasteiger charge is -2.22. The zero-order valence-corrected chi connectivity index (χ0v) is 22.7. The van der Waals surface area contributed by atoms with Crippen LogP contribution in [0.3, 0.4) is 0 Å². The van der Waals surface area contributed by atoms with Crippen LogP contribution in [0, 0.1) is 5.41 Å². The minimum absolute atomic E-state index is 0.0772. The van der Waals surface area contributed by atoms with Crippen LogP contribution in [0.4, 0.5) is 5.95 Å². The second kappa shape index (κ2) is 10.2. The number of hydrogen-bond acceptors (Lipinski definition) is 9. The molecule has 1 saturated carbocycles. The van der Waals surface area contributed by atoms with Gasteiger partial charge >= 0.3 is 0 Å². The molecule has 5 rings (SSSR count). The predicted molar refractivity (Wildman–Crippen MR) is 142 cm³/mol. The molecular weight excluding hydrogens is 544 g/mol. The lowest BCUT2D eigenvalue weighted by Crippen LogP contribution is -2.35. The molecular formula is C24H27BrN8O2S. The first kappa shape index (κ1) is 24.7. The summed E-state index contributed by atoms with van der Waals surface area (Å²) in [6.45, 7) is 2.64. The molecule has 188 valence electrons. The summed E-state index contributed by atoms with van der Waals surface area (Å²) < 4.78 is 7.59. The Morgan fingerprint density at radius 2 is 2.11 bits per heavy atom. The molecule has 3 aromatic heterocycles. The number of aromatic nitrogens is 6. The van der Waals surface area contributed by atoms with Crippen molar-refractivity contribution in [2.24, 2.45) is 5.41 Å². The third-order valence-corrected chi connectivity index (χ3v) is 8.19. The van der Waals surface area contributed by atoms with E-state index in [0.717, 1.165) is 52.3 Å². The van der Waals surface area contributed by atoms with Gasteiger partial charge in [0.15, 0.2) is 5.65 Å². The standard InChI is InChI=1S/C24H27BrN8O2S/c1-24(22(34)26-2)10-8-15(12-24)28-23-27-13-17-19(25)32-33(20(17)29-23)16-6-4-14(5-7-16)21-31-30-18(36-21)9-11-35-3/h4-7,13,15H,8-12H2,1-3H3,(H,26,34)(H,27,28,29)/t15-,24-/m1/s1. The predicted octanol–water partition coefficient (Wildman–Crippen LogP) is 4.00. The van der Waals surface area contributed by atoms with E-state index in [0.29, 0.717) is 22.8 Å². The minimum atomic E-state index is -0.374. The summed E-state index contributed by atoms with van der Waals surface area (Å²) in [7, 11) is 3.37. The highest BCUT2D eigenvalue weighted by Crippen LogP contribution is 2.39. The Morgan fingerprint density at radius 1 is 1.31 bits per heavy atom. The van der Waals surface area contributed by atoms with E-state index in [1.807, 2.05) is 31.2 Å². The van der Waals surface area contributed by atoms with Crippen molar-refractivity contribution < 1.29 is 9.53 Å². The molecule has 1 fully saturated rings. The van der Waals surface area contributed by atoms with Crippen LogP contribution in [0.5, 0.6) is 0 Å². The average Bonchev–Trinajstić information content (AvgIpc) is 3.60. The fourth-order valence-corrected chi connectivity index (χ4v) is 5.84. The number of rotatable bonds is 8. The molecule has 0 unspecified atom stereocenters. The number of carbonyl (C=O) groups excluding carboxylic acids is 1. The molecule has 4 aromatic rings. The molecule has 0 saturated heterocycles. The maximum Gasteiger partial charge on any atom is 0.225 e. The van der Waals surface area contributed by atoms with Gasteiger partial charge in [-0.15, -0.1) is 10.2 Å². The first-order valence-corrected chi connectivity index (χ1v) is 13.3. The zero-order valence-electron chi connectivity index (χ0n) is 20.3. The van der Waals surface area contributed by atoms with Gasteiger partial charge in [-0.05, 0) is 59.5 Å². The number of amides is 1. The number of fused-ring (bicyclic) bond motifs is 1.